The highest BCUT2D eigenvalue weighted by Gasteiger charge is 2.03. The van der Waals surface area contributed by atoms with E-state index in [1.165, 1.54) is 5.47 Å². The van der Waals surface area contributed by atoms with Crippen molar-refractivity contribution in [1.82, 2.24) is 0 Å². The molecule has 0 bridgehead atoms. The summed E-state index contributed by atoms with van der Waals surface area (Å²) >= 11 is 0. The lowest BCUT2D eigenvalue weighted by molar-refractivity contribution is 0.253. The van der Waals surface area contributed by atoms with E-state index < -0.39 is 0 Å². The Hall–Kier alpha value is -0.495. The molecule has 1 unspecified atom stereocenters. The van der Waals surface area contributed by atoms with Crippen LogP contribution in [0.1, 0.15) is 6.42 Å². The minimum Gasteiger partial charge on any atom is -0.396 e. The van der Waals surface area contributed by atoms with Crippen molar-refractivity contribution in [2.75, 3.05) is 6.61 Å². The number of hydrogen-bond acceptors (Lipinski definition) is 1. The lowest BCUT2D eigenvalue weighted by Crippen LogP contribution is -2.04. The average molecular weight is 122 g/mol. The Kier molecular flexibility index (Phi) is 2.12. The van der Waals surface area contributed by atoms with Crippen molar-refractivity contribution in [2.24, 2.45) is 5.92 Å². The van der Waals surface area contributed by atoms with Crippen LogP contribution in [0.4, 0.5) is 0 Å². The van der Waals surface area contributed by atoms with Crippen LogP contribution in [0.25, 0.3) is 0 Å². The summed E-state index contributed by atoms with van der Waals surface area (Å²) < 4.78 is 0. The van der Waals surface area contributed by atoms with Gasteiger partial charge in [0.15, 0.2) is 0 Å². The molecule has 48 valence electrons. The number of aliphatic hydroxyl groups is 1. The van der Waals surface area contributed by atoms with Crippen LogP contribution in [0.3, 0.4) is 0 Å². The number of aliphatic hydroxyl groups excluding tert-OH is 1. The summed E-state index contributed by atoms with van der Waals surface area (Å²) in [4.78, 5) is 0. The van der Waals surface area contributed by atoms with Crippen molar-refractivity contribution in [3.8, 4) is 0 Å². The third-order valence-electron chi connectivity index (χ3n) is 1.55. The predicted octanol–water partition coefficient (Wildman–Crippen LogP) is 0.0718. The molecule has 1 aliphatic carbocycles. The molecule has 1 atom stereocenters. The van der Waals surface area contributed by atoms with Crippen LogP contribution >= 0.6 is 0 Å². The molecule has 0 aromatic rings. The molecule has 1 aliphatic rings. The van der Waals surface area contributed by atoms with Gasteiger partial charge < -0.3 is 5.11 Å². The standard InChI is InChI=1S/C7H11BO/c8-7-3-1-2-6(4-7)5-9/h1,3-4,6,9H,2,5,8H2. The summed E-state index contributed by atoms with van der Waals surface area (Å²) in [6, 6.07) is 0. The predicted molar refractivity (Wildman–Crippen MR) is 41.0 cm³/mol. The quantitative estimate of drug-likeness (QED) is 0.488. The van der Waals surface area contributed by atoms with Crippen LogP contribution in [0.15, 0.2) is 23.7 Å². The lowest BCUT2D eigenvalue weighted by Gasteiger charge is -2.10. The van der Waals surface area contributed by atoms with Crippen LogP contribution in [-0.2, 0) is 0 Å². The van der Waals surface area contributed by atoms with Gasteiger partial charge in [-0.15, -0.1) is 0 Å². The fourth-order valence-electron chi connectivity index (χ4n) is 1.05. The summed E-state index contributed by atoms with van der Waals surface area (Å²) in [5.74, 6) is 0.370. The molecule has 9 heavy (non-hydrogen) atoms. The van der Waals surface area contributed by atoms with Crippen molar-refractivity contribution in [1.29, 1.82) is 0 Å². The maximum atomic E-state index is 8.73. The van der Waals surface area contributed by atoms with Gasteiger partial charge in [-0.3, -0.25) is 0 Å². The summed E-state index contributed by atoms with van der Waals surface area (Å²) in [6.45, 7) is 0.279. The lowest BCUT2D eigenvalue weighted by atomic mass is 9.86. The summed E-state index contributed by atoms with van der Waals surface area (Å²) in [7, 11) is 2.05. The zero-order valence-electron chi connectivity index (χ0n) is 5.67. The number of allylic oxidation sites excluding steroid dienone is 3. The van der Waals surface area contributed by atoms with E-state index in [1.54, 1.807) is 0 Å². The molecule has 2 heteroatoms. The molecule has 1 rings (SSSR count). The van der Waals surface area contributed by atoms with Gasteiger partial charge in [0.05, 0.1) is 0 Å². The molecule has 0 fully saturated rings. The minimum absolute atomic E-state index is 0.279. The Morgan fingerprint density at radius 1 is 1.78 bits per heavy atom. The first kappa shape index (κ1) is 6.62. The first-order chi connectivity index (χ1) is 4.33. The largest absolute Gasteiger partial charge is 0.396 e. The smallest absolute Gasteiger partial charge is 0.138 e. The van der Waals surface area contributed by atoms with E-state index in [9.17, 15) is 0 Å². The van der Waals surface area contributed by atoms with Gasteiger partial charge in [-0.05, 0) is 6.42 Å². The van der Waals surface area contributed by atoms with Gasteiger partial charge in [0.25, 0.3) is 0 Å². The van der Waals surface area contributed by atoms with Gasteiger partial charge >= 0.3 is 0 Å². The number of rotatable bonds is 1. The maximum Gasteiger partial charge on any atom is 0.138 e. The Morgan fingerprint density at radius 3 is 3.00 bits per heavy atom. The molecule has 0 saturated carbocycles. The molecular weight excluding hydrogens is 111 g/mol. The zero-order chi connectivity index (χ0) is 6.69. The van der Waals surface area contributed by atoms with Gasteiger partial charge in [-0.1, -0.05) is 23.7 Å². The first-order valence-electron chi connectivity index (χ1n) is 3.28. The van der Waals surface area contributed by atoms with Crippen LogP contribution in [0, 0.1) is 5.92 Å². The number of hydrogen-bond donors (Lipinski definition) is 1. The first-order valence-corrected chi connectivity index (χ1v) is 3.28. The maximum absolute atomic E-state index is 8.73. The van der Waals surface area contributed by atoms with Gasteiger partial charge in [-0.25, -0.2) is 0 Å². The average Bonchev–Trinajstić information content (AvgIpc) is 1.88. The van der Waals surface area contributed by atoms with Crippen molar-refractivity contribution in [3.63, 3.8) is 0 Å². The second-order valence-electron chi connectivity index (χ2n) is 2.49. The third-order valence-corrected chi connectivity index (χ3v) is 1.55. The second kappa shape index (κ2) is 2.88. The van der Waals surface area contributed by atoms with E-state index in [2.05, 4.69) is 26.1 Å². The molecule has 1 nitrogen and oxygen atoms in total. The van der Waals surface area contributed by atoms with E-state index in [-0.39, 0.29) is 6.61 Å². The Bertz CT molecular complexity index is 149. The van der Waals surface area contributed by atoms with E-state index in [4.69, 9.17) is 5.11 Å². The minimum atomic E-state index is 0.279. The van der Waals surface area contributed by atoms with Gasteiger partial charge in [0, 0.05) is 12.5 Å². The molecule has 0 aromatic carbocycles. The van der Waals surface area contributed by atoms with Crippen LogP contribution in [0.5, 0.6) is 0 Å². The molecular formula is C7H11BO. The molecule has 0 saturated heterocycles. The highest BCUT2D eigenvalue weighted by Crippen LogP contribution is 2.13. The van der Waals surface area contributed by atoms with E-state index in [0.717, 1.165) is 6.42 Å². The molecule has 0 heterocycles. The van der Waals surface area contributed by atoms with Crippen molar-refractivity contribution >= 4 is 7.85 Å². The Labute approximate surface area is 56.5 Å². The SMILES string of the molecule is BC1=CC(CO)CC=C1. The van der Waals surface area contributed by atoms with E-state index in [1.807, 2.05) is 0 Å². The molecule has 1 N–H and O–H groups in total. The molecule has 0 radical (unpaired) electrons. The van der Waals surface area contributed by atoms with Gasteiger partial charge in [-0.2, -0.15) is 0 Å². The summed E-state index contributed by atoms with van der Waals surface area (Å²) in [5, 5.41) is 8.73. The summed E-state index contributed by atoms with van der Waals surface area (Å²) in [5.41, 5.74) is 1.26. The van der Waals surface area contributed by atoms with E-state index in [0.29, 0.717) is 5.92 Å². The molecule has 0 spiro atoms. The van der Waals surface area contributed by atoms with Crippen molar-refractivity contribution < 1.29 is 5.11 Å². The monoisotopic (exact) mass is 122 g/mol. The van der Waals surface area contributed by atoms with Crippen molar-refractivity contribution in [3.05, 3.63) is 23.7 Å². The molecule has 0 aliphatic heterocycles. The van der Waals surface area contributed by atoms with Crippen molar-refractivity contribution in [2.45, 2.75) is 6.42 Å². The van der Waals surface area contributed by atoms with Crippen LogP contribution in [0.2, 0.25) is 0 Å². The normalized spacial score (nSPS) is 25.9. The highest BCUT2D eigenvalue weighted by molar-refractivity contribution is 6.23. The molecule has 0 aromatic heterocycles. The third kappa shape index (κ3) is 1.72. The van der Waals surface area contributed by atoms with Crippen LogP contribution < -0.4 is 0 Å². The Morgan fingerprint density at radius 2 is 2.56 bits per heavy atom. The Balaban J connectivity index is 2.55. The summed E-state index contributed by atoms with van der Waals surface area (Å²) in [6.07, 6.45) is 7.30. The zero-order valence-corrected chi connectivity index (χ0v) is 5.67. The topological polar surface area (TPSA) is 20.2 Å². The van der Waals surface area contributed by atoms with Gasteiger partial charge in [0.2, 0.25) is 0 Å². The molecule has 0 amide bonds. The fourth-order valence-corrected chi connectivity index (χ4v) is 1.05. The van der Waals surface area contributed by atoms with E-state index >= 15 is 0 Å². The van der Waals surface area contributed by atoms with Gasteiger partial charge in [0.1, 0.15) is 7.85 Å². The highest BCUT2D eigenvalue weighted by atomic mass is 16.3. The fraction of sp³-hybridized carbons (Fsp3) is 0.429. The second-order valence-corrected chi connectivity index (χ2v) is 2.49. The van der Waals surface area contributed by atoms with Crippen LogP contribution in [-0.4, -0.2) is 19.6 Å².